The Morgan fingerprint density at radius 2 is 1.76 bits per heavy atom. The third-order valence-corrected chi connectivity index (χ3v) is 5.90. The predicted molar refractivity (Wildman–Crippen MR) is 111 cm³/mol. The molecule has 2 bridgehead atoms. The highest BCUT2D eigenvalue weighted by atomic mass is 16.7. The highest BCUT2D eigenvalue weighted by Crippen LogP contribution is 2.55. The zero-order valence-electron chi connectivity index (χ0n) is 18.5. The summed E-state index contributed by atoms with van der Waals surface area (Å²) in [5.74, 6) is -4.71. The molecule has 3 aliphatic rings. The van der Waals surface area contributed by atoms with Gasteiger partial charge in [0.1, 0.15) is 5.75 Å². The number of ketones is 1. The van der Waals surface area contributed by atoms with E-state index in [1.807, 2.05) is 0 Å². The molecule has 33 heavy (non-hydrogen) atoms. The average Bonchev–Trinajstić information content (AvgIpc) is 3.38. The molecule has 10 nitrogen and oxygen atoms in total. The summed E-state index contributed by atoms with van der Waals surface area (Å²) >= 11 is 0. The molecule has 4 rings (SSSR count). The van der Waals surface area contributed by atoms with Crippen molar-refractivity contribution in [3.63, 3.8) is 0 Å². The maximum Gasteiger partial charge on any atom is 0.305 e. The fourth-order valence-electron chi connectivity index (χ4n) is 4.64. The van der Waals surface area contributed by atoms with Crippen LogP contribution in [-0.4, -0.2) is 54.1 Å². The summed E-state index contributed by atoms with van der Waals surface area (Å²) in [5.41, 5.74) is -1.21. The van der Waals surface area contributed by atoms with Crippen molar-refractivity contribution < 1.29 is 42.9 Å². The van der Waals surface area contributed by atoms with Gasteiger partial charge in [-0.05, 0) is 38.1 Å². The minimum Gasteiger partial charge on any atom is -0.492 e. The third-order valence-electron chi connectivity index (χ3n) is 5.90. The molecule has 1 aromatic carbocycles. The number of ether oxygens (including phenoxy) is 4. The number of nitrogens with zero attached hydrogens (tertiary/aromatic N) is 1. The highest BCUT2D eigenvalue weighted by Gasteiger charge is 2.72. The molecular formula is C23H23NO9. The van der Waals surface area contributed by atoms with Crippen LogP contribution in [-0.2, 0) is 33.4 Å². The summed E-state index contributed by atoms with van der Waals surface area (Å²) in [7, 11) is 0. The minimum absolute atomic E-state index is 0.139. The van der Waals surface area contributed by atoms with E-state index in [2.05, 4.69) is 0 Å². The average molecular weight is 457 g/mol. The molecule has 0 saturated carbocycles. The van der Waals surface area contributed by atoms with Gasteiger partial charge in [0.15, 0.2) is 11.4 Å². The normalized spacial score (nSPS) is 27.2. The number of rotatable bonds is 7. The lowest BCUT2D eigenvalue weighted by Gasteiger charge is -2.34. The minimum atomic E-state index is -1.65. The second-order valence-electron chi connectivity index (χ2n) is 8.03. The van der Waals surface area contributed by atoms with Crippen molar-refractivity contribution >= 4 is 35.2 Å². The van der Waals surface area contributed by atoms with E-state index in [1.165, 1.54) is 25.1 Å². The van der Waals surface area contributed by atoms with Crippen molar-refractivity contribution in [1.29, 1.82) is 0 Å². The highest BCUT2D eigenvalue weighted by molar-refractivity contribution is 6.24. The van der Waals surface area contributed by atoms with E-state index in [9.17, 15) is 24.0 Å². The van der Waals surface area contributed by atoms with Crippen LogP contribution < -0.4 is 9.64 Å². The maximum atomic E-state index is 13.7. The number of carbonyl (C=O) groups excluding carboxylic acids is 5. The van der Waals surface area contributed by atoms with E-state index in [1.54, 1.807) is 19.1 Å². The van der Waals surface area contributed by atoms with Gasteiger partial charge in [-0.15, -0.1) is 0 Å². The van der Waals surface area contributed by atoms with Crippen LogP contribution in [0.3, 0.4) is 0 Å². The van der Waals surface area contributed by atoms with Crippen LogP contribution in [0.2, 0.25) is 0 Å². The lowest BCUT2D eigenvalue weighted by molar-refractivity contribution is -0.226. The van der Waals surface area contributed by atoms with Gasteiger partial charge in [-0.2, -0.15) is 0 Å². The molecule has 3 aliphatic heterocycles. The van der Waals surface area contributed by atoms with Crippen molar-refractivity contribution in [2.24, 2.45) is 11.8 Å². The van der Waals surface area contributed by atoms with Crippen molar-refractivity contribution in [2.75, 3.05) is 11.5 Å². The first-order valence-corrected chi connectivity index (χ1v) is 10.5. The van der Waals surface area contributed by atoms with Crippen LogP contribution in [0, 0.1) is 11.8 Å². The number of hydrogen-bond donors (Lipinski definition) is 0. The van der Waals surface area contributed by atoms with Crippen molar-refractivity contribution in [1.82, 2.24) is 0 Å². The monoisotopic (exact) mass is 457 g/mol. The number of carbonyl (C=O) groups is 5. The molecule has 3 heterocycles. The number of fused-ring (bicyclic) bond motifs is 5. The zero-order valence-corrected chi connectivity index (χ0v) is 18.5. The van der Waals surface area contributed by atoms with Gasteiger partial charge < -0.3 is 18.9 Å². The van der Waals surface area contributed by atoms with Gasteiger partial charge >= 0.3 is 11.9 Å². The molecule has 4 atom stereocenters. The lowest BCUT2D eigenvalue weighted by atomic mass is 9.76. The molecule has 2 saturated heterocycles. The second-order valence-corrected chi connectivity index (χ2v) is 8.03. The van der Waals surface area contributed by atoms with Gasteiger partial charge in [0.25, 0.3) is 6.29 Å². The number of hydrogen-bond acceptors (Lipinski definition) is 9. The second kappa shape index (κ2) is 8.11. The summed E-state index contributed by atoms with van der Waals surface area (Å²) in [6, 6.07) is 4.52. The summed E-state index contributed by atoms with van der Waals surface area (Å²) in [4.78, 5) is 63.5. The molecule has 174 valence electrons. The molecule has 0 aliphatic carbocycles. The van der Waals surface area contributed by atoms with Gasteiger partial charge in [-0.25, -0.2) is 4.90 Å². The Morgan fingerprint density at radius 3 is 2.33 bits per heavy atom. The third kappa shape index (κ3) is 3.50. The standard InChI is InChI=1S/C23H23NO9/c1-5-30-16-7-6-14(11(2)25)10-15(16)24-20(28)18-17-8-9-23(33-17,19(18)21(24)29)22(31-12(3)26)32-13(4)27/h6-10,17-19,22H,5H2,1-4H3/t17-,18+,19+,23+/m1/s1. The predicted octanol–water partition coefficient (Wildman–Crippen LogP) is 1.55. The number of benzene rings is 1. The Morgan fingerprint density at radius 1 is 1.09 bits per heavy atom. The van der Waals surface area contributed by atoms with Crippen LogP contribution in [0.4, 0.5) is 5.69 Å². The van der Waals surface area contributed by atoms with E-state index >= 15 is 0 Å². The molecule has 0 N–H and O–H groups in total. The first-order valence-electron chi connectivity index (χ1n) is 10.5. The lowest BCUT2D eigenvalue weighted by Crippen LogP contribution is -2.52. The summed E-state index contributed by atoms with van der Waals surface area (Å²) in [6.45, 7) is 5.66. The molecule has 2 fully saturated rings. The first-order chi connectivity index (χ1) is 15.6. The number of anilines is 1. The Bertz CT molecular complexity index is 1080. The first kappa shape index (κ1) is 22.7. The van der Waals surface area contributed by atoms with E-state index in [-0.39, 0.29) is 23.8 Å². The fourth-order valence-corrected chi connectivity index (χ4v) is 4.64. The van der Waals surface area contributed by atoms with E-state index in [0.717, 1.165) is 18.7 Å². The number of amides is 2. The Kier molecular flexibility index (Phi) is 5.57. The van der Waals surface area contributed by atoms with Crippen LogP contribution in [0.15, 0.2) is 30.4 Å². The molecule has 0 spiro atoms. The van der Waals surface area contributed by atoms with Crippen LogP contribution in [0.5, 0.6) is 5.75 Å². The van der Waals surface area contributed by atoms with Crippen LogP contribution >= 0.6 is 0 Å². The van der Waals surface area contributed by atoms with Gasteiger partial charge in [0.05, 0.1) is 30.2 Å². The molecule has 0 aromatic heterocycles. The molecule has 1 aromatic rings. The molecule has 10 heteroatoms. The fraction of sp³-hybridized carbons (Fsp3) is 0.435. The van der Waals surface area contributed by atoms with E-state index in [4.69, 9.17) is 18.9 Å². The number of esters is 2. The Balaban J connectivity index is 1.79. The number of Topliss-reactive ketones (excluding diaryl/α,β-unsaturated/α-hetero) is 1. The summed E-state index contributed by atoms with van der Waals surface area (Å²) in [6.07, 6.45) is 0.747. The van der Waals surface area contributed by atoms with Gasteiger partial charge in [-0.3, -0.25) is 24.0 Å². The van der Waals surface area contributed by atoms with Gasteiger partial charge in [0.2, 0.25) is 11.8 Å². The van der Waals surface area contributed by atoms with Gasteiger partial charge in [-0.1, -0.05) is 6.08 Å². The van der Waals surface area contributed by atoms with Gasteiger partial charge in [0, 0.05) is 19.4 Å². The van der Waals surface area contributed by atoms with E-state index < -0.39 is 53.6 Å². The quantitative estimate of drug-likeness (QED) is 0.197. The molecular weight excluding hydrogens is 434 g/mol. The topological polar surface area (TPSA) is 126 Å². The van der Waals surface area contributed by atoms with Crippen molar-refractivity contribution in [2.45, 2.75) is 45.7 Å². The maximum absolute atomic E-state index is 13.7. The number of imide groups is 1. The molecule has 0 radical (unpaired) electrons. The Labute approximate surface area is 189 Å². The van der Waals surface area contributed by atoms with E-state index in [0.29, 0.717) is 5.56 Å². The zero-order chi connectivity index (χ0) is 24.1. The SMILES string of the molecule is CCOc1ccc(C(C)=O)cc1N1C(=O)[C@@H]2[C@@H](C1=O)[C@]1(C(OC(C)=O)OC(C)=O)C=C[C@H]2O1. The smallest absolute Gasteiger partial charge is 0.305 e. The van der Waals surface area contributed by atoms with Crippen LogP contribution in [0.25, 0.3) is 0 Å². The Hall–Kier alpha value is -3.53. The molecule has 0 unspecified atom stereocenters. The molecule has 2 amide bonds. The van der Waals surface area contributed by atoms with Crippen molar-refractivity contribution in [3.05, 3.63) is 35.9 Å². The van der Waals surface area contributed by atoms with Crippen LogP contribution in [0.1, 0.15) is 38.1 Å². The summed E-state index contributed by atoms with van der Waals surface area (Å²) in [5, 5.41) is 0. The van der Waals surface area contributed by atoms with Crippen molar-refractivity contribution in [3.8, 4) is 5.75 Å². The largest absolute Gasteiger partial charge is 0.492 e. The summed E-state index contributed by atoms with van der Waals surface area (Å²) < 4.78 is 21.9.